The van der Waals surface area contributed by atoms with Crippen LogP contribution in [0.25, 0.3) is 0 Å². The highest BCUT2D eigenvalue weighted by atomic mass is 35.5. The minimum absolute atomic E-state index is 0.0236. The number of rotatable bonds is 5. The predicted octanol–water partition coefficient (Wildman–Crippen LogP) is 1.43. The average Bonchev–Trinajstić information content (AvgIpc) is 2.46. The van der Waals surface area contributed by atoms with E-state index >= 15 is 0 Å². The van der Waals surface area contributed by atoms with Gasteiger partial charge in [-0.3, -0.25) is 9.69 Å². The zero-order chi connectivity index (χ0) is 16.1. The smallest absolute Gasteiger partial charge is 0.317 e. The van der Waals surface area contributed by atoms with Crippen LogP contribution in [-0.4, -0.2) is 61.9 Å². The summed E-state index contributed by atoms with van der Waals surface area (Å²) in [5.41, 5.74) is 1.37. The Labute approximate surface area is 134 Å². The largest absolute Gasteiger partial charge is 0.480 e. The van der Waals surface area contributed by atoms with Gasteiger partial charge < -0.3 is 14.7 Å². The van der Waals surface area contributed by atoms with Crippen molar-refractivity contribution in [2.24, 2.45) is 0 Å². The number of nitriles is 1. The minimum Gasteiger partial charge on any atom is -0.480 e. The Morgan fingerprint density at radius 3 is 3.09 bits per heavy atom. The lowest BCUT2D eigenvalue weighted by atomic mass is 10.1. The molecule has 0 bridgehead atoms. The summed E-state index contributed by atoms with van der Waals surface area (Å²) in [6.45, 7) is 2.34. The van der Waals surface area contributed by atoms with Gasteiger partial charge in [0.05, 0.1) is 30.5 Å². The van der Waals surface area contributed by atoms with Crippen molar-refractivity contribution in [1.29, 1.82) is 5.26 Å². The molecule has 2 rings (SSSR count). The first-order valence-electron chi connectivity index (χ1n) is 6.96. The van der Waals surface area contributed by atoms with E-state index in [1.165, 1.54) is 0 Å². The van der Waals surface area contributed by atoms with Crippen LogP contribution in [0.5, 0.6) is 0 Å². The molecule has 118 valence electrons. The molecule has 1 fully saturated rings. The van der Waals surface area contributed by atoms with Gasteiger partial charge in [-0.15, -0.1) is 0 Å². The lowest BCUT2D eigenvalue weighted by Crippen LogP contribution is -2.47. The van der Waals surface area contributed by atoms with E-state index in [-0.39, 0.29) is 12.6 Å². The maximum atomic E-state index is 10.7. The SMILES string of the molecule is CN(CC(=O)O)CC1CN(c2ccc(Cl)cc2C#N)CCO1. The normalized spacial score (nSPS) is 18.3. The maximum Gasteiger partial charge on any atom is 0.317 e. The second-order valence-corrected chi connectivity index (χ2v) is 5.74. The van der Waals surface area contributed by atoms with E-state index in [4.69, 9.17) is 21.4 Å². The van der Waals surface area contributed by atoms with Crippen LogP contribution in [0.4, 0.5) is 5.69 Å². The molecular weight excluding hydrogens is 306 g/mol. The van der Waals surface area contributed by atoms with Gasteiger partial charge in [0.2, 0.25) is 0 Å². The highest BCUT2D eigenvalue weighted by Gasteiger charge is 2.24. The van der Waals surface area contributed by atoms with Gasteiger partial charge in [-0.25, -0.2) is 0 Å². The Morgan fingerprint density at radius 1 is 1.64 bits per heavy atom. The summed E-state index contributed by atoms with van der Waals surface area (Å²) < 4.78 is 5.69. The van der Waals surface area contributed by atoms with Crippen LogP contribution in [0.1, 0.15) is 5.56 Å². The molecule has 0 spiro atoms. The fourth-order valence-electron chi connectivity index (χ4n) is 2.57. The highest BCUT2D eigenvalue weighted by molar-refractivity contribution is 6.30. The molecule has 1 aliphatic rings. The number of ether oxygens (including phenoxy) is 1. The van der Waals surface area contributed by atoms with E-state index in [1.54, 1.807) is 24.1 Å². The van der Waals surface area contributed by atoms with Gasteiger partial charge in [0.15, 0.2) is 0 Å². The summed E-state index contributed by atoms with van der Waals surface area (Å²) >= 11 is 5.92. The van der Waals surface area contributed by atoms with Crippen LogP contribution in [0.15, 0.2) is 18.2 Å². The molecule has 0 radical (unpaired) electrons. The fourth-order valence-corrected chi connectivity index (χ4v) is 2.74. The second kappa shape index (κ2) is 7.45. The molecule has 0 saturated carbocycles. The van der Waals surface area contributed by atoms with Crippen LogP contribution < -0.4 is 4.90 Å². The van der Waals surface area contributed by atoms with E-state index in [0.717, 1.165) is 5.69 Å². The lowest BCUT2D eigenvalue weighted by Gasteiger charge is -2.36. The predicted molar refractivity (Wildman–Crippen MR) is 83.3 cm³/mol. The number of hydrogen-bond donors (Lipinski definition) is 1. The van der Waals surface area contributed by atoms with Crippen molar-refractivity contribution in [3.05, 3.63) is 28.8 Å². The van der Waals surface area contributed by atoms with E-state index in [2.05, 4.69) is 11.0 Å². The molecule has 0 amide bonds. The van der Waals surface area contributed by atoms with Gasteiger partial charge in [-0.2, -0.15) is 5.26 Å². The van der Waals surface area contributed by atoms with Gasteiger partial charge in [0.1, 0.15) is 6.07 Å². The first-order chi connectivity index (χ1) is 10.5. The van der Waals surface area contributed by atoms with Crippen LogP contribution in [0.3, 0.4) is 0 Å². The molecule has 6 nitrogen and oxygen atoms in total. The number of carboxylic acids is 1. The number of hydrogen-bond acceptors (Lipinski definition) is 5. The van der Waals surface area contributed by atoms with Gasteiger partial charge in [0.25, 0.3) is 0 Å². The van der Waals surface area contributed by atoms with Gasteiger partial charge in [-0.05, 0) is 25.2 Å². The first kappa shape index (κ1) is 16.6. The third kappa shape index (κ3) is 4.34. The number of carboxylic acid groups (broad SMARTS) is 1. The van der Waals surface area contributed by atoms with Crippen molar-refractivity contribution in [2.45, 2.75) is 6.10 Å². The Morgan fingerprint density at radius 2 is 2.41 bits per heavy atom. The Kier molecular flexibility index (Phi) is 5.61. The molecule has 1 heterocycles. The zero-order valence-corrected chi connectivity index (χ0v) is 13.1. The van der Waals surface area contributed by atoms with Crippen molar-refractivity contribution in [3.8, 4) is 6.07 Å². The molecule has 22 heavy (non-hydrogen) atoms. The van der Waals surface area contributed by atoms with Crippen LogP contribution in [-0.2, 0) is 9.53 Å². The van der Waals surface area contributed by atoms with Gasteiger partial charge >= 0.3 is 5.97 Å². The number of benzene rings is 1. The summed E-state index contributed by atoms with van der Waals surface area (Å²) in [5.74, 6) is -0.861. The van der Waals surface area contributed by atoms with Gasteiger partial charge in [0, 0.05) is 24.7 Å². The summed E-state index contributed by atoms with van der Waals surface area (Å²) in [6, 6.07) is 7.41. The summed E-state index contributed by atoms with van der Waals surface area (Å²) in [7, 11) is 1.75. The minimum atomic E-state index is -0.861. The molecular formula is C15H18ClN3O3. The second-order valence-electron chi connectivity index (χ2n) is 5.30. The van der Waals surface area contributed by atoms with E-state index in [1.807, 2.05) is 6.07 Å². The number of carbonyl (C=O) groups is 1. The topological polar surface area (TPSA) is 76.8 Å². The van der Waals surface area contributed by atoms with Gasteiger partial charge in [-0.1, -0.05) is 11.6 Å². The number of anilines is 1. The Hall–Kier alpha value is -1.81. The fraction of sp³-hybridized carbons (Fsp3) is 0.467. The molecule has 1 atom stereocenters. The van der Waals surface area contributed by atoms with Crippen molar-refractivity contribution >= 4 is 23.3 Å². The van der Waals surface area contributed by atoms with Crippen molar-refractivity contribution < 1.29 is 14.6 Å². The molecule has 0 aromatic heterocycles. The number of halogens is 1. The Bertz CT molecular complexity index is 588. The number of morpholine rings is 1. The standard InChI is InChI=1S/C15H18ClN3O3/c1-18(10-15(20)21)8-13-9-19(4-5-22-13)14-3-2-12(16)6-11(14)7-17/h2-3,6,13H,4-5,8-10H2,1H3,(H,20,21). The van der Waals surface area contributed by atoms with E-state index in [9.17, 15) is 10.1 Å². The van der Waals surface area contributed by atoms with Crippen LogP contribution in [0, 0.1) is 11.3 Å². The number of likely N-dealkylation sites (N-methyl/N-ethyl adjacent to an activating group) is 1. The molecule has 1 aromatic rings. The molecule has 7 heteroatoms. The van der Waals surface area contributed by atoms with Crippen molar-refractivity contribution in [3.63, 3.8) is 0 Å². The third-order valence-electron chi connectivity index (χ3n) is 3.48. The average molecular weight is 324 g/mol. The van der Waals surface area contributed by atoms with Crippen LogP contribution >= 0.6 is 11.6 Å². The molecule has 0 aliphatic carbocycles. The molecule has 1 aliphatic heterocycles. The summed E-state index contributed by atoms with van der Waals surface area (Å²) in [4.78, 5) is 14.5. The third-order valence-corrected chi connectivity index (χ3v) is 3.71. The Balaban J connectivity index is 2.05. The molecule has 1 aromatic carbocycles. The lowest BCUT2D eigenvalue weighted by molar-refractivity contribution is -0.138. The zero-order valence-electron chi connectivity index (χ0n) is 12.3. The first-order valence-corrected chi connectivity index (χ1v) is 7.34. The molecule has 1 N–H and O–H groups in total. The maximum absolute atomic E-state index is 10.7. The van der Waals surface area contributed by atoms with E-state index in [0.29, 0.717) is 36.8 Å². The molecule has 1 saturated heterocycles. The van der Waals surface area contributed by atoms with Crippen molar-refractivity contribution in [1.82, 2.24) is 4.90 Å². The summed E-state index contributed by atoms with van der Waals surface area (Å²) in [6.07, 6.45) is -0.0969. The summed E-state index contributed by atoms with van der Waals surface area (Å²) in [5, 5.41) is 18.6. The highest BCUT2D eigenvalue weighted by Crippen LogP contribution is 2.25. The number of nitrogens with zero attached hydrogens (tertiary/aromatic N) is 3. The quantitative estimate of drug-likeness (QED) is 0.883. The van der Waals surface area contributed by atoms with E-state index < -0.39 is 5.97 Å². The monoisotopic (exact) mass is 323 g/mol. The van der Waals surface area contributed by atoms with Crippen molar-refractivity contribution in [2.75, 3.05) is 44.7 Å². The van der Waals surface area contributed by atoms with Crippen LogP contribution in [0.2, 0.25) is 5.02 Å². The number of aliphatic carboxylic acids is 1. The molecule has 1 unspecified atom stereocenters.